The number of ether oxygens (including phenoxy) is 2. The second-order valence-corrected chi connectivity index (χ2v) is 9.45. The second-order valence-electron chi connectivity index (χ2n) is 7.77. The number of sulfonamides is 1. The molecule has 2 aromatic rings. The molecule has 1 aromatic carbocycles. The van der Waals surface area contributed by atoms with E-state index in [1.165, 1.54) is 10.8 Å². The molecule has 1 unspecified atom stereocenters. The summed E-state index contributed by atoms with van der Waals surface area (Å²) in [6, 6.07) is 6.50. The predicted octanol–water partition coefficient (Wildman–Crippen LogP) is 1.54. The van der Waals surface area contributed by atoms with Crippen molar-refractivity contribution in [1.29, 1.82) is 5.26 Å². The number of fused-ring (bicyclic) bond motifs is 1. The van der Waals surface area contributed by atoms with Crippen molar-refractivity contribution in [1.82, 2.24) is 9.29 Å². The number of nitriles is 1. The van der Waals surface area contributed by atoms with Gasteiger partial charge >= 0.3 is 0 Å². The lowest BCUT2D eigenvalue weighted by atomic mass is 10.1. The average Bonchev–Trinajstić information content (AvgIpc) is 3.00. The second kappa shape index (κ2) is 8.67. The van der Waals surface area contributed by atoms with Crippen LogP contribution in [0.4, 0.5) is 5.69 Å². The van der Waals surface area contributed by atoms with Gasteiger partial charge in [0.15, 0.2) is 11.4 Å². The fraction of sp³-hybridized carbons (Fsp3) is 0.364. The van der Waals surface area contributed by atoms with Crippen molar-refractivity contribution in [2.24, 2.45) is 13.0 Å². The first kappa shape index (κ1) is 21.9. The maximum absolute atomic E-state index is 13.0. The van der Waals surface area contributed by atoms with Gasteiger partial charge in [-0.1, -0.05) is 12.0 Å². The lowest BCUT2D eigenvalue weighted by Gasteiger charge is -2.20. The van der Waals surface area contributed by atoms with E-state index in [0.29, 0.717) is 24.5 Å². The molecular weight excluding hydrogens is 432 g/mol. The molecule has 0 bridgehead atoms. The van der Waals surface area contributed by atoms with Gasteiger partial charge in [0.2, 0.25) is 10.0 Å². The van der Waals surface area contributed by atoms with Crippen LogP contribution in [0.1, 0.15) is 28.0 Å². The minimum Gasteiger partial charge on any atom is -0.488 e. The highest BCUT2D eigenvalue weighted by atomic mass is 32.2. The molecule has 9 nitrogen and oxygen atoms in total. The van der Waals surface area contributed by atoms with Gasteiger partial charge < -0.3 is 19.4 Å². The first-order valence-electron chi connectivity index (χ1n) is 10.0. The minimum atomic E-state index is -3.91. The predicted molar refractivity (Wildman–Crippen MR) is 116 cm³/mol. The zero-order valence-corrected chi connectivity index (χ0v) is 18.5. The molecule has 32 heavy (non-hydrogen) atoms. The number of aromatic nitrogens is 1. The quantitative estimate of drug-likeness (QED) is 0.679. The van der Waals surface area contributed by atoms with Gasteiger partial charge in [0.25, 0.3) is 5.91 Å². The Labute approximate surface area is 186 Å². The standard InChI is InChI=1S/C22H22N4O5S/c1-14-6-7-17(8-16(14)9-23)24-22(27)20-21-19(10-26(20)2)32(28,29)25-18(13-31-21)5-3-4-15-11-30-12-15/h6-8,10,15,18,25H,5,11-13H2,1-2H3,(H,24,27). The van der Waals surface area contributed by atoms with Gasteiger partial charge in [-0.3, -0.25) is 4.79 Å². The van der Waals surface area contributed by atoms with Gasteiger partial charge in [-0.25, -0.2) is 13.1 Å². The summed E-state index contributed by atoms with van der Waals surface area (Å²) in [4.78, 5) is 12.9. The number of benzene rings is 1. The number of amides is 1. The lowest BCUT2D eigenvalue weighted by molar-refractivity contribution is -0.00306. The van der Waals surface area contributed by atoms with E-state index in [4.69, 9.17) is 9.47 Å². The molecule has 0 radical (unpaired) electrons. The van der Waals surface area contributed by atoms with Crippen molar-refractivity contribution >= 4 is 21.6 Å². The highest BCUT2D eigenvalue weighted by Crippen LogP contribution is 2.33. The molecule has 2 aliphatic rings. The molecule has 1 atom stereocenters. The first-order valence-corrected chi connectivity index (χ1v) is 11.5. The van der Waals surface area contributed by atoms with Crippen molar-refractivity contribution in [2.45, 2.75) is 24.3 Å². The summed E-state index contributed by atoms with van der Waals surface area (Å²) in [5.41, 5.74) is 1.73. The van der Waals surface area contributed by atoms with Gasteiger partial charge in [0.05, 0.1) is 36.8 Å². The number of carbonyl (C=O) groups is 1. The highest BCUT2D eigenvalue weighted by molar-refractivity contribution is 7.89. The van der Waals surface area contributed by atoms with Gasteiger partial charge in [0, 0.05) is 25.4 Å². The largest absolute Gasteiger partial charge is 0.488 e. The van der Waals surface area contributed by atoms with Gasteiger partial charge in [-0.15, -0.1) is 5.92 Å². The maximum Gasteiger partial charge on any atom is 0.276 e. The van der Waals surface area contributed by atoms with Crippen LogP contribution in [0.3, 0.4) is 0 Å². The molecule has 1 amide bonds. The molecule has 2 N–H and O–H groups in total. The fourth-order valence-corrected chi connectivity index (χ4v) is 4.84. The molecule has 1 saturated heterocycles. The first-order chi connectivity index (χ1) is 15.3. The summed E-state index contributed by atoms with van der Waals surface area (Å²) >= 11 is 0. The van der Waals surface area contributed by atoms with E-state index in [1.807, 2.05) is 0 Å². The van der Waals surface area contributed by atoms with Gasteiger partial charge in [0.1, 0.15) is 11.5 Å². The molecule has 1 aromatic heterocycles. The number of nitrogens with zero attached hydrogens (tertiary/aromatic N) is 2. The Morgan fingerprint density at radius 3 is 2.81 bits per heavy atom. The van der Waals surface area contributed by atoms with E-state index < -0.39 is 22.0 Å². The van der Waals surface area contributed by atoms with Crippen LogP contribution in [0.15, 0.2) is 29.3 Å². The number of anilines is 1. The Morgan fingerprint density at radius 1 is 1.34 bits per heavy atom. The molecule has 2 aliphatic heterocycles. The average molecular weight is 455 g/mol. The summed E-state index contributed by atoms with van der Waals surface area (Å²) in [6.07, 6.45) is 1.64. The molecule has 0 spiro atoms. The van der Waals surface area contributed by atoms with Crippen LogP contribution in [-0.2, 0) is 21.8 Å². The van der Waals surface area contributed by atoms with Crippen molar-refractivity contribution in [3.63, 3.8) is 0 Å². The van der Waals surface area contributed by atoms with Crippen LogP contribution in [0.5, 0.6) is 5.75 Å². The highest BCUT2D eigenvalue weighted by Gasteiger charge is 2.34. The minimum absolute atomic E-state index is 0.00651. The monoisotopic (exact) mass is 454 g/mol. The topological polar surface area (TPSA) is 122 Å². The Bertz CT molecular complexity index is 1280. The molecule has 166 valence electrons. The van der Waals surface area contributed by atoms with Crippen LogP contribution in [0.2, 0.25) is 0 Å². The number of aryl methyl sites for hydroxylation is 2. The summed E-state index contributed by atoms with van der Waals surface area (Å²) in [5.74, 6) is 5.68. The summed E-state index contributed by atoms with van der Waals surface area (Å²) in [6.45, 7) is 3.03. The molecule has 1 fully saturated rings. The maximum atomic E-state index is 13.0. The van der Waals surface area contributed by atoms with Crippen LogP contribution < -0.4 is 14.8 Å². The van der Waals surface area contributed by atoms with Crippen LogP contribution >= 0.6 is 0 Å². The van der Waals surface area contributed by atoms with Gasteiger partial charge in [-0.05, 0) is 24.6 Å². The van der Waals surface area contributed by atoms with Crippen molar-refractivity contribution in [3.8, 4) is 23.7 Å². The van der Waals surface area contributed by atoms with Gasteiger partial charge in [-0.2, -0.15) is 5.26 Å². The number of carbonyl (C=O) groups excluding carboxylic acids is 1. The van der Waals surface area contributed by atoms with E-state index in [1.54, 1.807) is 32.2 Å². The molecule has 10 heteroatoms. The lowest BCUT2D eigenvalue weighted by Crippen LogP contribution is -2.36. The molecule has 0 aliphatic carbocycles. The molecule has 4 rings (SSSR count). The van der Waals surface area contributed by atoms with E-state index in [0.717, 1.165) is 5.56 Å². The summed E-state index contributed by atoms with van der Waals surface area (Å²) < 4.78 is 40.7. The molecule has 3 heterocycles. The van der Waals surface area contributed by atoms with Crippen LogP contribution in [-0.4, -0.2) is 44.8 Å². The van der Waals surface area contributed by atoms with Crippen molar-refractivity contribution < 1.29 is 22.7 Å². The number of rotatable bonds is 3. The van der Waals surface area contributed by atoms with Crippen LogP contribution in [0, 0.1) is 36.0 Å². The molecular formula is C22H22N4O5S. The fourth-order valence-electron chi connectivity index (χ4n) is 3.43. The Balaban J connectivity index is 1.57. The summed E-state index contributed by atoms with van der Waals surface area (Å²) in [7, 11) is -2.33. The number of hydrogen-bond donors (Lipinski definition) is 2. The third kappa shape index (κ3) is 4.34. The Morgan fingerprint density at radius 2 is 2.12 bits per heavy atom. The zero-order valence-electron chi connectivity index (χ0n) is 17.6. The Kier molecular flexibility index (Phi) is 5.94. The zero-order chi connectivity index (χ0) is 22.9. The van der Waals surface area contributed by atoms with Crippen molar-refractivity contribution in [3.05, 3.63) is 41.2 Å². The number of nitrogens with one attached hydrogen (secondary N) is 2. The Hall–Kier alpha value is -3.31. The van der Waals surface area contributed by atoms with E-state index in [-0.39, 0.29) is 35.3 Å². The SMILES string of the molecule is Cc1ccc(NC(=O)c2c3c(cn2C)S(=O)(=O)NC(CC#CC2COC2)CO3)cc1C#N. The normalized spacial score (nSPS) is 19.2. The number of hydrogen-bond acceptors (Lipinski definition) is 6. The third-order valence-corrected chi connectivity index (χ3v) is 6.78. The van der Waals surface area contributed by atoms with E-state index >= 15 is 0 Å². The van der Waals surface area contributed by atoms with Crippen LogP contribution in [0.25, 0.3) is 0 Å². The van der Waals surface area contributed by atoms with E-state index in [2.05, 4.69) is 27.9 Å². The van der Waals surface area contributed by atoms with E-state index in [9.17, 15) is 18.5 Å². The molecule has 0 saturated carbocycles. The third-order valence-electron chi connectivity index (χ3n) is 5.27. The smallest absolute Gasteiger partial charge is 0.276 e. The van der Waals surface area contributed by atoms with Crippen molar-refractivity contribution in [2.75, 3.05) is 25.1 Å². The summed E-state index contributed by atoms with van der Waals surface area (Å²) in [5, 5.41) is 11.9.